The van der Waals surface area contributed by atoms with Crippen LogP contribution in [0.1, 0.15) is 36.5 Å². The van der Waals surface area contributed by atoms with Crippen molar-refractivity contribution in [2.45, 2.75) is 32.2 Å². The molecule has 4 nitrogen and oxygen atoms in total. The number of hydrogen-bond donors (Lipinski definition) is 0. The first kappa shape index (κ1) is 14.5. The quantitative estimate of drug-likeness (QED) is 0.798. The van der Waals surface area contributed by atoms with E-state index in [1.807, 2.05) is 0 Å². The molecule has 1 fully saturated rings. The van der Waals surface area contributed by atoms with Crippen LogP contribution in [0.5, 0.6) is 0 Å². The SMILES string of the molecule is CCOC(=O)C1CCCCN1C(=O)c1ccccc1F. The number of piperidine rings is 1. The van der Waals surface area contributed by atoms with Crippen LogP contribution in [0.15, 0.2) is 24.3 Å². The summed E-state index contributed by atoms with van der Waals surface area (Å²) in [6, 6.07) is 5.23. The number of carbonyl (C=O) groups is 2. The summed E-state index contributed by atoms with van der Waals surface area (Å²) < 4.78 is 18.7. The van der Waals surface area contributed by atoms with E-state index >= 15 is 0 Å². The number of hydrogen-bond acceptors (Lipinski definition) is 3. The zero-order valence-corrected chi connectivity index (χ0v) is 11.5. The summed E-state index contributed by atoms with van der Waals surface area (Å²) in [7, 11) is 0. The summed E-state index contributed by atoms with van der Waals surface area (Å²) in [5.41, 5.74) is 0.00342. The number of nitrogens with zero attached hydrogens (tertiary/aromatic N) is 1. The number of likely N-dealkylation sites (tertiary alicyclic amines) is 1. The second kappa shape index (κ2) is 6.50. The van der Waals surface area contributed by atoms with Gasteiger partial charge < -0.3 is 9.64 Å². The maximum absolute atomic E-state index is 13.7. The Morgan fingerprint density at radius 3 is 2.80 bits per heavy atom. The number of ether oxygens (including phenoxy) is 1. The van der Waals surface area contributed by atoms with E-state index in [1.54, 1.807) is 13.0 Å². The Hall–Kier alpha value is -1.91. The fourth-order valence-electron chi connectivity index (χ4n) is 2.45. The first-order chi connectivity index (χ1) is 9.65. The molecule has 1 saturated heterocycles. The van der Waals surface area contributed by atoms with Crippen molar-refractivity contribution in [3.8, 4) is 0 Å². The summed E-state index contributed by atoms with van der Waals surface area (Å²) in [6.45, 7) is 2.46. The van der Waals surface area contributed by atoms with Gasteiger partial charge in [0.15, 0.2) is 0 Å². The molecule has 0 aromatic heterocycles. The highest BCUT2D eigenvalue weighted by molar-refractivity contribution is 5.97. The molecule has 1 atom stereocenters. The highest BCUT2D eigenvalue weighted by atomic mass is 19.1. The second-order valence-corrected chi connectivity index (χ2v) is 4.74. The topological polar surface area (TPSA) is 46.6 Å². The van der Waals surface area contributed by atoms with Crippen molar-refractivity contribution in [2.75, 3.05) is 13.2 Å². The van der Waals surface area contributed by atoms with Crippen molar-refractivity contribution in [1.82, 2.24) is 4.90 Å². The fourth-order valence-corrected chi connectivity index (χ4v) is 2.45. The minimum atomic E-state index is -0.601. The molecular weight excluding hydrogens is 261 g/mol. The lowest BCUT2D eigenvalue weighted by Gasteiger charge is -2.34. The molecule has 0 saturated carbocycles. The Morgan fingerprint density at radius 2 is 2.10 bits per heavy atom. The molecule has 5 heteroatoms. The van der Waals surface area contributed by atoms with Gasteiger partial charge in [-0.05, 0) is 38.3 Å². The Bertz CT molecular complexity index is 504. The Kier molecular flexibility index (Phi) is 4.71. The second-order valence-electron chi connectivity index (χ2n) is 4.74. The molecule has 0 spiro atoms. The predicted molar refractivity (Wildman–Crippen MR) is 71.7 cm³/mol. The molecule has 1 unspecified atom stereocenters. The number of esters is 1. The Labute approximate surface area is 117 Å². The van der Waals surface area contributed by atoms with E-state index in [1.165, 1.54) is 23.1 Å². The standard InChI is InChI=1S/C15H18FNO3/c1-2-20-15(19)13-9-5-6-10-17(13)14(18)11-7-3-4-8-12(11)16/h3-4,7-8,13H,2,5-6,9-10H2,1H3. The summed E-state index contributed by atoms with van der Waals surface area (Å²) in [5, 5.41) is 0. The van der Waals surface area contributed by atoms with Gasteiger partial charge in [0.1, 0.15) is 11.9 Å². The van der Waals surface area contributed by atoms with Crippen molar-refractivity contribution in [1.29, 1.82) is 0 Å². The zero-order valence-electron chi connectivity index (χ0n) is 11.5. The highest BCUT2D eigenvalue weighted by Gasteiger charge is 2.34. The van der Waals surface area contributed by atoms with Gasteiger partial charge in [0.05, 0.1) is 12.2 Å². The minimum Gasteiger partial charge on any atom is -0.464 e. The van der Waals surface area contributed by atoms with Gasteiger partial charge in [-0.1, -0.05) is 12.1 Å². The van der Waals surface area contributed by atoms with Gasteiger partial charge >= 0.3 is 5.97 Å². The number of rotatable bonds is 3. The maximum Gasteiger partial charge on any atom is 0.328 e. The molecule has 2 rings (SSSR count). The maximum atomic E-state index is 13.7. The molecule has 0 aliphatic carbocycles. The third kappa shape index (κ3) is 2.98. The molecule has 1 amide bonds. The number of amides is 1. The summed E-state index contributed by atoms with van der Waals surface area (Å²) in [4.78, 5) is 25.8. The van der Waals surface area contributed by atoms with Gasteiger partial charge in [0.2, 0.25) is 0 Å². The molecule has 20 heavy (non-hydrogen) atoms. The van der Waals surface area contributed by atoms with E-state index in [2.05, 4.69) is 0 Å². The molecule has 1 aliphatic heterocycles. The molecule has 0 N–H and O–H groups in total. The molecule has 108 valence electrons. The molecule has 1 aromatic rings. The van der Waals surface area contributed by atoms with Gasteiger partial charge in [0, 0.05) is 6.54 Å². The first-order valence-corrected chi connectivity index (χ1v) is 6.87. The molecule has 1 aromatic carbocycles. The Balaban J connectivity index is 2.22. The van der Waals surface area contributed by atoms with Gasteiger partial charge in [-0.2, -0.15) is 0 Å². The molecule has 1 aliphatic rings. The van der Waals surface area contributed by atoms with E-state index in [4.69, 9.17) is 4.74 Å². The molecule has 1 heterocycles. The largest absolute Gasteiger partial charge is 0.464 e. The van der Waals surface area contributed by atoms with Crippen LogP contribution in [-0.4, -0.2) is 36.0 Å². The minimum absolute atomic E-state index is 0.00342. The van der Waals surface area contributed by atoms with Crippen LogP contribution in [-0.2, 0) is 9.53 Å². The highest BCUT2D eigenvalue weighted by Crippen LogP contribution is 2.21. The van der Waals surface area contributed by atoms with E-state index in [-0.39, 0.29) is 12.2 Å². The predicted octanol–water partition coefficient (Wildman–Crippen LogP) is 2.38. The van der Waals surface area contributed by atoms with E-state index in [0.717, 1.165) is 12.8 Å². The van der Waals surface area contributed by atoms with Crippen LogP contribution >= 0.6 is 0 Å². The van der Waals surface area contributed by atoms with Crippen LogP contribution in [0.4, 0.5) is 4.39 Å². The lowest BCUT2D eigenvalue weighted by atomic mass is 10.0. The van der Waals surface area contributed by atoms with E-state index < -0.39 is 23.7 Å². The molecular formula is C15H18FNO3. The number of carbonyl (C=O) groups excluding carboxylic acids is 2. The monoisotopic (exact) mass is 279 g/mol. The molecule has 0 radical (unpaired) electrons. The fraction of sp³-hybridized carbons (Fsp3) is 0.467. The average molecular weight is 279 g/mol. The van der Waals surface area contributed by atoms with Gasteiger partial charge in [-0.15, -0.1) is 0 Å². The van der Waals surface area contributed by atoms with Gasteiger partial charge in [0.25, 0.3) is 5.91 Å². The summed E-state index contributed by atoms with van der Waals surface area (Å²) in [5.74, 6) is -1.41. The van der Waals surface area contributed by atoms with Gasteiger partial charge in [-0.25, -0.2) is 9.18 Å². The van der Waals surface area contributed by atoms with Crippen molar-refractivity contribution in [3.63, 3.8) is 0 Å². The van der Waals surface area contributed by atoms with Crippen molar-refractivity contribution >= 4 is 11.9 Å². The van der Waals surface area contributed by atoms with Crippen molar-refractivity contribution in [2.24, 2.45) is 0 Å². The number of halogens is 1. The first-order valence-electron chi connectivity index (χ1n) is 6.87. The van der Waals surface area contributed by atoms with Crippen molar-refractivity contribution in [3.05, 3.63) is 35.6 Å². The van der Waals surface area contributed by atoms with Crippen LogP contribution in [0.3, 0.4) is 0 Å². The van der Waals surface area contributed by atoms with Crippen LogP contribution in [0, 0.1) is 5.82 Å². The molecule has 0 bridgehead atoms. The zero-order chi connectivity index (χ0) is 14.5. The Morgan fingerprint density at radius 1 is 1.35 bits per heavy atom. The smallest absolute Gasteiger partial charge is 0.328 e. The van der Waals surface area contributed by atoms with Crippen LogP contribution in [0.2, 0.25) is 0 Å². The normalized spacial score (nSPS) is 18.7. The van der Waals surface area contributed by atoms with Crippen LogP contribution in [0.25, 0.3) is 0 Å². The average Bonchev–Trinajstić information content (AvgIpc) is 2.47. The summed E-state index contributed by atoms with van der Waals surface area (Å²) >= 11 is 0. The van der Waals surface area contributed by atoms with Crippen LogP contribution < -0.4 is 0 Å². The lowest BCUT2D eigenvalue weighted by Crippen LogP contribution is -2.48. The third-order valence-corrected chi connectivity index (χ3v) is 3.43. The van der Waals surface area contributed by atoms with Crippen molar-refractivity contribution < 1.29 is 18.7 Å². The number of benzene rings is 1. The lowest BCUT2D eigenvalue weighted by molar-refractivity contribution is -0.149. The van der Waals surface area contributed by atoms with Gasteiger partial charge in [-0.3, -0.25) is 4.79 Å². The third-order valence-electron chi connectivity index (χ3n) is 3.43. The van der Waals surface area contributed by atoms with E-state index in [9.17, 15) is 14.0 Å². The van der Waals surface area contributed by atoms with E-state index in [0.29, 0.717) is 13.0 Å². The summed E-state index contributed by atoms with van der Waals surface area (Å²) in [6.07, 6.45) is 2.25.